The van der Waals surface area contributed by atoms with Gasteiger partial charge in [0.2, 0.25) is 0 Å². The zero-order valence-corrected chi connectivity index (χ0v) is 8.34. The number of hydrogen-bond donors (Lipinski definition) is 1. The monoisotopic (exact) mass is 180 g/mol. The molecule has 1 fully saturated rings. The Hall–Kier alpha value is -0.480. The van der Waals surface area contributed by atoms with Crippen LogP contribution in [0.25, 0.3) is 0 Å². The average molecular weight is 180 g/mol. The second kappa shape index (κ2) is 6.05. The van der Waals surface area contributed by atoms with Gasteiger partial charge in [0.05, 0.1) is 6.10 Å². The van der Waals surface area contributed by atoms with Crippen LogP contribution in [0.2, 0.25) is 0 Å². The Bertz CT molecular complexity index is 162. The van der Waals surface area contributed by atoms with Gasteiger partial charge in [0.15, 0.2) is 0 Å². The highest BCUT2D eigenvalue weighted by Crippen LogP contribution is 2.29. The smallest absolute Gasteiger partial charge is 0.0549 e. The lowest BCUT2D eigenvalue weighted by molar-refractivity contribution is 0.147. The van der Waals surface area contributed by atoms with Gasteiger partial charge in [-0.05, 0) is 25.2 Å². The maximum absolute atomic E-state index is 9.55. The van der Waals surface area contributed by atoms with Gasteiger partial charge in [0.25, 0.3) is 0 Å². The van der Waals surface area contributed by atoms with Crippen molar-refractivity contribution in [3.8, 4) is 12.3 Å². The molecular weight excluding hydrogens is 160 g/mol. The van der Waals surface area contributed by atoms with E-state index in [1.165, 1.54) is 32.1 Å². The van der Waals surface area contributed by atoms with Crippen molar-refractivity contribution in [1.29, 1.82) is 0 Å². The van der Waals surface area contributed by atoms with Crippen LogP contribution in [0.5, 0.6) is 0 Å². The summed E-state index contributed by atoms with van der Waals surface area (Å²) in [6, 6.07) is 0. The summed E-state index contributed by atoms with van der Waals surface area (Å²) >= 11 is 0. The number of terminal acetylenes is 1. The molecule has 0 aromatic heterocycles. The summed E-state index contributed by atoms with van der Waals surface area (Å²) < 4.78 is 0. The van der Waals surface area contributed by atoms with E-state index in [0.717, 1.165) is 18.8 Å². The highest BCUT2D eigenvalue weighted by Gasteiger charge is 2.15. The van der Waals surface area contributed by atoms with Gasteiger partial charge in [-0.25, -0.2) is 0 Å². The van der Waals surface area contributed by atoms with E-state index in [0.29, 0.717) is 6.42 Å². The normalized spacial score (nSPS) is 20.0. The average Bonchev–Trinajstić information content (AvgIpc) is 2.64. The highest BCUT2D eigenvalue weighted by molar-refractivity contribution is 4.84. The second-order valence-corrected chi connectivity index (χ2v) is 4.12. The van der Waals surface area contributed by atoms with Crippen LogP contribution in [0, 0.1) is 18.3 Å². The molecule has 1 rings (SSSR count). The summed E-state index contributed by atoms with van der Waals surface area (Å²) in [7, 11) is 0. The van der Waals surface area contributed by atoms with Crippen LogP contribution in [0.15, 0.2) is 0 Å². The van der Waals surface area contributed by atoms with Crippen LogP contribution < -0.4 is 0 Å². The molecule has 1 atom stereocenters. The molecule has 74 valence electrons. The van der Waals surface area contributed by atoms with Crippen LogP contribution >= 0.6 is 0 Å². The second-order valence-electron chi connectivity index (χ2n) is 4.12. The van der Waals surface area contributed by atoms with Crippen molar-refractivity contribution in [1.82, 2.24) is 0 Å². The van der Waals surface area contributed by atoms with Gasteiger partial charge in [0.1, 0.15) is 0 Å². The van der Waals surface area contributed by atoms with Gasteiger partial charge in [-0.15, -0.1) is 12.3 Å². The first-order valence-corrected chi connectivity index (χ1v) is 5.44. The topological polar surface area (TPSA) is 20.2 Å². The molecule has 0 amide bonds. The first-order valence-electron chi connectivity index (χ1n) is 5.44. The zero-order chi connectivity index (χ0) is 9.52. The Labute approximate surface area is 81.5 Å². The Morgan fingerprint density at radius 3 is 2.62 bits per heavy atom. The Morgan fingerprint density at radius 1 is 1.31 bits per heavy atom. The summed E-state index contributed by atoms with van der Waals surface area (Å²) in [6.45, 7) is 0. The van der Waals surface area contributed by atoms with E-state index in [4.69, 9.17) is 6.42 Å². The third-order valence-corrected chi connectivity index (χ3v) is 3.00. The lowest BCUT2D eigenvalue weighted by atomic mass is 9.98. The number of rotatable bonds is 5. The molecule has 1 nitrogen and oxygen atoms in total. The fourth-order valence-electron chi connectivity index (χ4n) is 2.12. The summed E-state index contributed by atoms with van der Waals surface area (Å²) in [5, 5.41) is 9.55. The number of aliphatic hydroxyl groups is 1. The summed E-state index contributed by atoms with van der Waals surface area (Å²) in [5.74, 6) is 3.46. The minimum absolute atomic E-state index is 0.156. The Balaban J connectivity index is 2.00. The predicted octanol–water partition coefficient (Wildman–Crippen LogP) is 2.73. The van der Waals surface area contributed by atoms with Crippen LogP contribution in [0.3, 0.4) is 0 Å². The summed E-state index contributed by atoms with van der Waals surface area (Å²) in [5.41, 5.74) is 0. The van der Waals surface area contributed by atoms with E-state index in [9.17, 15) is 5.11 Å². The van der Waals surface area contributed by atoms with Crippen LogP contribution in [-0.2, 0) is 0 Å². The predicted molar refractivity (Wildman–Crippen MR) is 55.3 cm³/mol. The molecule has 0 spiro atoms. The van der Waals surface area contributed by atoms with Gasteiger partial charge >= 0.3 is 0 Å². The third kappa shape index (κ3) is 4.33. The molecule has 0 radical (unpaired) electrons. The Morgan fingerprint density at radius 2 is 2.00 bits per heavy atom. The molecule has 1 N–H and O–H groups in total. The molecule has 1 heteroatoms. The van der Waals surface area contributed by atoms with E-state index in [1.807, 2.05) is 0 Å². The van der Waals surface area contributed by atoms with Crippen molar-refractivity contribution in [3.63, 3.8) is 0 Å². The maximum atomic E-state index is 9.55. The molecule has 13 heavy (non-hydrogen) atoms. The lowest BCUT2D eigenvalue weighted by Crippen LogP contribution is -2.08. The van der Waals surface area contributed by atoms with Gasteiger partial charge in [-0.1, -0.05) is 25.7 Å². The summed E-state index contributed by atoms with van der Waals surface area (Å²) in [6.07, 6.45) is 14.2. The third-order valence-electron chi connectivity index (χ3n) is 3.00. The first-order chi connectivity index (χ1) is 6.33. The molecule has 0 saturated heterocycles. The summed E-state index contributed by atoms with van der Waals surface area (Å²) in [4.78, 5) is 0. The van der Waals surface area contributed by atoms with E-state index in [2.05, 4.69) is 5.92 Å². The van der Waals surface area contributed by atoms with Crippen molar-refractivity contribution in [2.75, 3.05) is 0 Å². The minimum Gasteiger partial charge on any atom is -0.393 e. The SMILES string of the molecule is C#CCCC(O)CCC1CCCC1. The van der Waals surface area contributed by atoms with Crippen LogP contribution in [-0.4, -0.2) is 11.2 Å². The number of aliphatic hydroxyl groups excluding tert-OH is 1. The van der Waals surface area contributed by atoms with E-state index in [-0.39, 0.29) is 6.10 Å². The molecular formula is C12H20O. The van der Waals surface area contributed by atoms with Crippen LogP contribution in [0.1, 0.15) is 51.4 Å². The molecule has 0 aromatic carbocycles. The van der Waals surface area contributed by atoms with Crippen molar-refractivity contribution in [3.05, 3.63) is 0 Å². The minimum atomic E-state index is -0.156. The van der Waals surface area contributed by atoms with Gasteiger partial charge in [0, 0.05) is 6.42 Å². The van der Waals surface area contributed by atoms with E-state index < -0.39 is 0 Å². The maximum Gasteiger partial charge on any atom is 0.0549 e. The van der Waals surface area contributed by atoms with Crippen molar-refractivity contribution in [2.24, 2.45) is 5.92 Å². The molecule has 1 aliphatic carbocycles. The van der Waals surface area contributed by atoms with Crippen LogP contribution in [0.4, 0.5) is 0 Å². The highest BCUT2D eigenvalue weighted by atomic mass is 16.3. The van der Waals surface area contributed by atoms with Gasteiger partial charge < -0.3 is 5.11 Å². The fourth-order valence-corrected chi connectivity index (χ4v) is 2.12. The standard InChI is InChI=1S/C12H20O/c1-2-3-8-12(13)10-9-11-6-4-5-7-11/h1,11-13H,3-10H2. The van der Waals surface area contributed by atoms with Crippen molar-refractivity contribution in [2.45, 2.75) is 57.5 Å². The van der Waals surface area contributed by atoms with Gasteiger partial charge in [-0.2, -0.15) is 0 Å². The largest absolute Gasteiger partial charge is 0.393 e. The first kappa shape index (κ1) is 10.6. The van der Waals surface area contributed by atoms with E-state index >= 15 is 0 Å². The molecule has 1 aliphatic rings. The zero-order valence-electron chi connectivity index (χ0n) is 8.34. The fraction of sp³-hybridized carbons (Fsp3) is 0.833. The number of hydrogen-bond acceptors (Lipinski definition) is 1. The molecule has 1 saturated carbocycles. The lowest BCUT2D eigenvalue weighted by Gasteiger charge is -2.12. The van der Waals surface area contributed by atoms with Crippen molar-refractivity contribution >= 4 is 0 Å². The molecule has 1 unspecified atom stereocenters. The van der Waals surface area contributed by atoms with Gasteiger partial charge in [-0.3, -0.25) is 0 Å². The molecule has 0 bridgehead atoms. The molecule has 0 heterocycles. The quantitative estimate of drug-likeness (QED) is 0.645. The van der Waals surface area contributed by atoms with E-state index in [1.54, 1.807) is 0 Å². The molecule has 0 aliphatic heterocycles. The van der Waals surface area contributed by atoms with Crippen molar-refractivity contribution < 1.29 is 5.11 Å². The Kier molecular flexibility index (Phi) is 4.93. The molecule has 0 aromatic rings.